The Labute approximate surface area is 261 Å². The predicted molar refractivity (Wildman–Crippen MR) is 175 cm³/mol. The third kappa shape index (κ3) is 5.81. The summed E-state index contributed by atoms with van der Waals surface area (Å²) in [6, 6.07) is 19.3. The van der Waals surface area contributed by atoms with Crippen molar-refractivity contribution in [1.29, 1.82) is 0 Å². The summed E-state index contributed by atoms with van der Waals surface area (Å²) in [5.41, 5.74) is 8.90. The second-order valence-electron chi connectivity index (χ2n) is 12.3. The zero-order valence-electron chi connectivity index (χ0n) is 25.2. The first kappa shape index (κ1) is 27.9. The topological polar surface area (TPSA) is 86.0 Å². The molecule has 0 amide bonds. The normalized spacial score (nSPS) is 15.9. The zero-order valence-corrected chi connectivity index (χ0v) is 25.2. The highest BCUT2D eigenvalue weighted by atomic mass is 19.1. The second kappa shape index (κ2) is 12.1. The van der Waals surface area contributed by atoms with E-state index in [9.17, 15) is 4.39 Å². The van der Waals surface area contributed by atoms with Crippen LogP contribution < -0.4 is 4.74 Å². The van der Waals surface area contributed by atoms with Gasteiger partial charge < -0.3 is 9.72 Å². The molecule has 2 aliphatic heterocycles. The molecular formula is C36H36FN7O. The number of nitrogens with one attached hydrogen (secondary N) is 2. The number of nitrogens with zero attached hydrogens (tertiary/aromatic N) is 5. The number of hydrogen-bond donors (Lipinski definition) is 2. The van der Waals surface area contributed by atoms with E-state index in [1.807, 2.05) is 48.8 Å². The molecule has 0 radical (unpaired) electrons. The van der Waals surface area contributed by atoms with Crippen molar-refractivity contribution in [2.75, 3.05) is 39.3 Å². The summed E-state index contributed by atoms with van der Waals surface area (Å²) >= 11 is 0. The van der Waals surface area contributed by atoms with Gasteiger partial charge in [0.15, 0.2) is 0 Å². The summed E-state index contributed by atoms with van der Waals surface area (Å²) in [6.45, 7) is 6.83. The predicted octanol–water partition coefficient (Wildman–Crippen LogP) is 7.04. The van der Waals surface area contributed by atoms with Gasteiger partial charge in [-0.15, -0.1) is 0 Å². The number of aromatic amines is 2. The van der Waals surface area contributed by atoms with Crippen molar-refractivity contribution >= 4 is 21.9 Å². The average molecular weight is 602 g/mol. The van der Waals surface area contributed by atoms with E-state index < -0.39 is 0 Å². The van der Waals surface area contributed by atoms with Gasteiger partial charge in [0.25, 0.3) is 0 Å². The quantitative estimate of drug-likeness (QED) is 0.185. The van der Waals surface area contributed by atoms with E-state index in [-0.39, 0.29) is 5.82 Å². The molecule has 6 heterocycles. The minimum atomic E-state index is -0.314. The van der Waals surface area contributed by atoms with Crippen molar-refractivity contribution in [1.82, 2.24) is 34.9 Å². The second-order valence-corrected chi connectivity index (χ2v) is 12.3. The molecule has 45 heavy (non-hydrogen) atoms. The van der Waals surface area contributed by atoms with Crippen LogP contribution in [0.15, 0.2) is 73.1 Å². The Morgan fingerprint density at radius 3 is 2.53 bits per heavy atom. The van der Waals surface area contributed by atoms with E-state index >= 15 is 0 Å². The lowest BCUT2D eigenvalue weighted by Gasteiger charge is -2.15. The maximum absolute atomic E-state index is 14.8. The summed E-state index contributed by atoms with van der Waals surface area (Å²) in [5, 5.41) is 8.78. The molecule has 2 fully saturated rings. The standard InChI is InChI=1S/C36H36FN7O/c37-27-17-25(18-28(19-27)45-15-14-43-10-1-2-11-43)29-6-5-7-32-30(29)20-34(39-32)36-35-33(41-42-36)9-8-31(40-35)26-16-24(21-38-22-26)23-44-12-3-4-13-44/h5-9,16-22,39H,1-4,10-15,23H2,(H,41,42). The van der Waals surface area contributed by atoms with Crippen LogP contribution in [0.1, 0.15) is 31.2 Å². The highest BCUT2D eigenvalue weighted by Crippen LogP contribution is 2.36. The first-order valence-electron chi connectivity index (χ1n) is 16.0. The van der Waals surface area contributed by atoms with Crippen LogP contribution in [0.3, 0.4) is 0 Å². The highest BCUT2D eigenvalue weighted by molar-refractivity contribution is 6.00. The lowest BCUT2D eigenvalue weighted by atomic mass is 10.0. The molecule has 8 rings (SSSR count). The Bertz CT molecular complexity index is 1970. The Morgan fingerprint density at radius 1 is 0.822 bits per heavy atom. The van der Waals surface area contributed by atoms with E-state index in [1.165, 1.54) is 37.3 Å². The van der Waals surface area contributed by atoms with E-state index in [2.05, 4.69) is 42.1 Å². The van der Waals surface area contributed by atoms with Gasteiger partial charge in [0, 0.05) is 48.0 Å². The number of rotatable bonds is 9. The molecule has 0 saturated carbocycles. The van der Waals surface area contributed by atoms with Crippen LogP contribution in [0, 0.1) is 5.82 Å². The molecule has 0 spiro atoms. The van der Waals surface area contributed by atoms with Crippen molar-refractivity contribution in [2.24, 2.45) is 0 Å². The summed E-state index contributed by atoms with van der Waals surface area (Å²) < 4.78 is 20.8. The van der Waals surface area contributed by atoms with Crippen LogP contribution in [-0.2, 0) is 6.54 Å². The molecule has 2 aliphatic rings. The fourth-order valence-electron chi connectivity index (χ4n) is 6.80. The van der Waals surface area contributed by atoms with Gasteiger partial charge in [0.2, 0.25) is 0 Å². The third-order valence-corrected chi connectivity index (χ3v) is 9.08. The van der Waals surface area contributed by atoms with Gasteiger partial charge in [-0.2, -0.15) is 5.10 Å². The van der Waals surface area contributed by atoms with Gasteiger partial charge in [-0.05, 0) is 111 Å². The van der Waals surface area contributed by atoms with Crippen LogP contribution in [0.5, 0.6) is 5.75 Å². The largest absolute Gasteiger partial charge is 0.492 e. The number of fused-ring (bicyclic) bond motifs is 2. The smallest absolute Gasteiger partial charge is 0.135 e. The molecular weight excluding hydrogens is 565 g/mol. The molecule has 0 atom stereocenters. The zero-order chi connectivity index (χ0) is 30.2. The fraction of sp³-hybridized carbons (Fsp3) is 0.306. The van der Waals surface area contributed by atoms with Crippen molar-refractivity contribution < 1.29 is 9.13 Å². The molecule has 228 valence electrons. The maximum atomic E-state index is 14.8. The lowest BCUT2D eigenvalue weighted by Crippen LogP contribution is -2.25. The number of halogens is 1. The molecule has 0 unspecified atom stereocenters. The van der Waals surface area contributed by atoms with Gasteiger partial charge in [-0.1, -0.05) is 12.1 Å². The molecule has 2 saturated heterocycles. The molecule has 6 aromatic rings. The minimum Gasteiger partial charge on any atom is -0.492 e. The maximum Gasteiger partial charge on any atom is 0.135 e. The van der Waals surface area contributed by atoms with E-state index in [0.29, 0.717) is 12.4 Å². The molecule has 4 aromatic heterocycles. The molecule has 8 nitrogen and oxygen atoms in total. The van der Waals surface area contributed by atoms with Gasteiger partial charge in [0.05, 0.1) is 16.9 Å². The minimum absolute atomic E-state index is 0.314. The molecule has 2 aromatic carbocycles. The van der Waals surface area contributed by atoms with Crippen LogP contribution in [0.4, 0.5) is 4.39 Å². The average Bonchev–Trinajstić information content (AvgIpc) is 3.88. The Kier molecular flexibility index (Phi) is 7.48. The molecule has 0 aliphatic carbocycles. The third-order valence-electron chi connectivity index (χ3n) is 9.08. The Balaban J connectivity index is 1.09. The lowest BCUT2D eigenvalue weighted by molar-refractivity contribution is 0.237. The summed E-state index contributed by atoms with van der Waals surface area (Å²) in [4.78, 5) is 18.0. The first-order chi connectivity index (χ1) is 22.2. The Morgan fingerprint density at radius 2 is 1.67 bits per heavy atom. The number of ether oxygens (including phenoxy) is 1. The Hall–Kier alpha value is -4.60. The van der Waals surface area contributed by atoms with Crippen molar-refractivity contribution in [2.45, 2.75) is 32.2 Å². The van der Waals surface area contributed by atoms with Gasteiger partial charge in [0.1, 0.15) is 29.4 Å². The SMILES string of the molecule is Fc1cc(OCCN2CCCC2)cc(-c2cccc3[nH]c(-c4n[nH]c5ccc(-c6cncc(CN7CCCC7)c6)nc45)cc23)c1. The molecule has 2 N–H and O–H groups in total. The fourth-order valence-corrected chi connectivity index (χ4v) is 6.80. The number of aromatic nitrogens is 5. The summed E-state index contributed by atoms with van der Waals surface area (Å²) in [7, 11) is 0. The van der Waals surface area contributed by atoms with Crippen LogP contribution in [0.2, 0.25) is 0 Å². The van der Waals surface area contributed by atoms with Crippen LogP contribution in [-0.4, -0.2) is 74.3 Å². The van der Waals surface area contributed by atoms with E-state index in [0.717, 1.165) is 95.0 Å². The number of pyridine rings is 2. The van der Waals surface area contributed by atoms with Crippen molar-refractivity contribution in [3.8, 4) is 39.5 Å². The monoisotopic (exact) mass is 601 g/mol. The van der Waals surface area contributed by atoms with Gasteiger partial charge in [-0.3, -0.25) is 19.9 Å². The highest BCUT2D eigenvalue weighted by Gasteiger charge is 2.18. The number of likely N-dealkylation sites (tertiary alicyclic amines) is 2. The van der Waals surface area contributed by atoms with Crippen molar-refractivity contribution in [3.63, 3.8) is 0 Å². The molecule has 9 heteroatoms. The number of hydrogen-bond acceptors (Lipinski definition) is 6. The van der Waals surface area contributed by atoms with Gasteiger partial charge in [-0.25, -0.2) is 9.37 Å². The molecule has 0 bridgehead atoms. The van der Waals surface area contributed by atoms with E-state index in [1.54, 1.807) is 6.07 Å². The summed E-state index contributed by atoms with van der Waals surface area (Å²) in [6.07, 6.45) is 8.83. The van der Waals surface area contributed by atoms with E-state index in [4.69, 9.17) is 9.72 Å². The van der Waals surface area contributed by atoms with Crippen molar-refractivity contribution in [3.05, 3.63) is 84.4 Å². The number of benzene rings is 2. The first-order valence-corrected chi connectivity index (χ1v) is 16.0. The van der Waals surface area contributed by atoms with Crippen LogP contribution >= 0.6 is 0 Å². The van der Waals surface area contributed by atoms with Gasteiger partial charge >= 0.3 is 0 Å². The number of H-pyrrole nitrogens is 2. The van der Waals surface area contributed by atoms with Crippen LogP contribution in [0.25, 0.3) is 55.7 Å². The summed E-state index contributed by atoms with van der Waals surface area (Å²) in [5.74, 6) is 0.233.